The Labute approximate surface area is 116 Å². The Balaban J connectivity index is 2.51. The smallest absolute Gasteiger partial charge is 0.164 e. The molecule has 1 rings (SSSR count). The maximum absolute atomic E-state index is 11.8. The molecule has 0 aromatic carbocycles. The van der Waals surface area contributed by atoms with E-state index in [2.05, 4.69) is 18.9 Å². The van der Waals surface area contributed by atoms with Crippen LogP contribution in [0.15, 0.2) is 12.3 Å². The number of ketones is 1. The zero-order valence-corrected chi connectivity index (χ0v) is 12.8. The van der Waals surface area contributed by atoms with Crippen LogP contribution < -0.4 is 0 Å². The SMILES string of the molecule is CCC(CC)n1ccc(CC(=O)COC(C)(C)C)n1. The van der Waals surface area contributed by atoms with Crippen molar-refractivity contribution in [1.82, 2.24) is 9.78 Å². The Morgan fingerprint density at radius 1 is 1.37 bits per heavy atom. The quantitative estimate of drug-likeness (QED) is 0.761. The van der Waals surface area contributed by atoms with Crippen LogP contribution in [-0.4, -0.2) is 27.8 Å². The van der Waals surface area contributed by atoms with Gasteiger partial charge in [-0.1, -0.05) is 13.8 Å². The van der Waals surface area contributed by atoms with Crippen LogP contribution in [0, 0.1) is 0 Å². The maximum Gasteiger partial charge on any atom is 0.164 e. The van der Waals surface area contributed by atoms with Crippen molar-refractivity contribution < 1.29 is 9.53 Å². The highest BCUT2D eigenvalue weighted by Gasteiger charge is 2.15. The van der Waals surface area contributed by atoms with E-state index < -0.39 is 0 Å². The van der Waals surface area contributed by atoms with Crippen LogP contribution in [0.25, 0.3) is 0 Å². The van der Waals surface area contributed by atoms with Crippen LogP contribution in [0.2, 0.25) is 0 Å². The molecule has 19 heavy (non-hydrogen) atoms. The number of hydrogen-bond donors (Lipinski definition) is 0. The molecule has 0 spiro atoms. The largest absolute Gasteiger partial charge is 0.368 e. The second kappa shape index (κ2) is 6.85. The number of ether oxygens (including phenoxy) is 1. The van der Waals surface area contributed by atoms with Gasteiger partial charge in [0.15, 0.2) is 5.78 Å². The zero-order valence-electron chi connectivity index (χ0n) is 12.8. The molecule has 0 amide bonds. The Kier molecular flexibility index (Phi) is 5.73. The van der Waals surface area contributed by atoms with Crippen molar-refractivity contribution in [2.45, 2.75) is 65.5 Å². The van der Waals surface area contributed by atoms with Crippen LogP contribution in [0.3, 0.4) is 0 Å². The first-order valence-electron chi connectivity index (χ1n) is 7.05. The third kappa shape index (κ3) is 5.55. The number of hydrogen-bond acceptors (Lipinski definition) is 3. The van der Waals surface area contributed by atoms with Gasteiger partial charge < -0.3 is 4.74 Å². The van der Waals surface area contributed by atoms with Gasteiger partial charge in [0.1, 0.15) is 6.61 Å². The summed E-state index contributed by atoms with van der Waals surface area (Å²) in [6.45, 7) is 10.3. The van der Waals surface area contributed by atoms with Gasteiger partial charge in [0, 0.05) is 6.20 Å². The van der Waals surface area contributed by atoms with E-state index in [1.54, 1.807) is 0 Å². The highest BCUT2D eigenvalue weighted by Crippen LogP contribution is 2.15. The van der Waals surface area contributed by atoms with E-state index in [-0.39, 0.29) is 18.0 Å². The second-order valence-electron chi connectivity index (χ2n) is 5.87. The summed E-state index contributed by atoms with van der Waals surface area (Å²) < 4.78 is 7.44. The molecule has 0 aliphatic carbocycles. The van der Waals surface area contributed by atoms with Gasteiger partial charge in [-0.05, 0) is 39.7 Å². The van der Waals surface area contributed by atoms with E-state index in [4.69, 9.17) is 4.74 Å². The van der Waals surface area contributed by atoms with E-state index in [1.807, 2.05) is 37.7 Å². The van der Waals surface area contributed by atoms with Crippen LogP contribution in [-0.2, 0) is 16.0 Å². The lowest BCUT2D eigenvalue weighted by molar-refractivity contribution is -0.127. The highest BCUT2D eigenvalue weighted by molar-refractivity contribution is 5.81. The summed E-state index contributed by atoms with van der Waals surface area (Å²) in [6, 6.07) is 2.35. The number of Topliss-reactive ketones (excluding diaryl/α,β-unsaturated/α-hetero) is 1. The van der Waals surface area contributed by atoms with Crippen molar-refractivity contribution in [1.29, 1.82) is 0 Å². The van der Waals surface area contributed by atoms with Gasteiger partial charge in [0.2, 0.25) is 0 Å². The third-order valence-corrected chi connectivity index (χ3v) is 3.02. The Morgan fingerprint density at radius 3 is 2.53 bits per heavy atom. The van der Waals surface area contributed by atoms with Gasteiger partial charge >= 0.3 is 0 Å². The van der Waals surface area contributed by atoms with Crippen molar-refractivity contribution >= 4 is 5.78 Å². The normalized spacial score (nSPS) is 12.1. The minimum absolute atomic E-state index is 0.0738. The standard InChI is InChI=1S/C15H26N2O2/c1-6-13(7-2)17-9-8-12(16-17)10-14(18)11-19-15(3,4)5/h8-9,13H,6-7,10-11H2,1-5H3. The molecule has 1 aromatic rings. The lowest BCUT2D eigenvalue weighted by Gasteiger charge is -2.18. The lowest BCUT2D eigenvalue weighted by Crippen LogP contribution is -2.24. The van der Waals surface area contributed by atoms with E-state index in [9.17, 15) is 4.79 Å². The van der Waals surface area contributed by atoms with Crippen molar-refractivity contribution in [2.75, 3.05) is 6.61 Å². The molecule has 0 aliphatic rings. The minimum atomic E-state index is -0.273. The van der Waals surface area contributed by atoms with E-state index in [0.717, 1.165) is 18.5 Å². The molecule has 0 saturated carbocycles. The molecule has 0 aliphatic heterocycles. The van der Waals surface area contributed by atoms with Crippen LogP contribution in [0.4, 0.5) is 0 Å². The molecule has 0 saturated heterocycles. The average molecular weight is 266 g/mol. The van der Waals surface area contributed by atoms with Gasteiger partial charge in [0.25, 0.3) is 0 Å². The summed E-state index contributed by atoms with van der Waals surface area (Å²) >= 11 is 0. The molecular weight excluding hydrogens is 240 g/mol. The molecule has 4 heteroatoms. The van der Waals surface area contributed by atoms with Crippen LogP contribution in [0.5, 0.6) is 0 Å². The minimum Gasteiger partial charge on any atom is -0.368 e. The Hall–Kier alpha value is -1.16. The van der Waals surface area contributed by atoms with Crippen LogP contribution >= 0.6 is 0 Å². The van der Waals surface area contributed by atoms with Crippen molar-refractivity contribution in [3.05, 3.63) is 18.0 Å². The molecule has 0 bridgehead atoms. The van der Waals surface area contributed by atoms with Gasteiger partial charge in [-0.25, -0.2) is 0 Å². The molecule has 0 radical (unpaired) electrons. The fourth-order valence-electron chi connectivity index (χ4n) is 1.89. The zero-order chi connectivity index (χ0) is 14.5. The Bertz CT molecular complexity index is 401. The second-order valence-corrected chi connectivity index (χ2v) is 5.87. The van der Waals surface area contributed by atoms with Crippen LogP contribution in [0.1, 0.15) is 59.2 Å². The number of carbonyl (C=O) groups is 1. The van der Waals surface area contributed by atoms with Crippen molar-refractivity contribution in [3.8, 4) is 0 Å². The van der Waals surface area contributed by atoms with Gasteiger partial charge in [-0.3, -0.25) is 9.48 Å². The molecule has 0 fully saturated rings. The maximum atomic E-state index is 11.8. The molecule has 0 N–H and O–H groups in total. The number of carbonyl (C=O) groups excluding carboxylic acids is 1. The van der Waals surface area contributed by atoms with Gasteiger partial charge in [0.05, 0.1) is 23.8 Å². The summed E-state index contributed by atoms with van der Waals surface area (Å²) in [5.41, 5.74) is 0.555. The molecule has 1 aromatic heterocycles. The van der Waals surface area contributed by atoms with E-state index in [1.165, 1.54) is 0 Å². The highest BCUT2D eigenvalue weighted by atomic mass is 16.5. The van der Waals surface area contributed by atoms with E-state index >= 15 is 0 Å². The predicted octanol–water partition coefficient (Wildman–Crippen LogP) is 3.17. The molecular formula is C15H26N2O2. The number of rotatable bonds is 7. The first kappa shape index (κ1) is 15.9. The third-order valence-electron chi connectivity index (χ3n) is 3.02. The predicted molar refractivity (Wildman–Crippen MR) is 76.3 cm³/mol. The summed E-state index contributed by atoms with van der Waals surface area (Å²) in [5.74, 6) is 0.0738. The van der Waals surface area contributed by atoms with Gasteiger partial charge in [-0.2, -0.15) is 5.10 Å². The monoisotopic (exact) mass is 266 g/mol. The molecule has 0 unspecified atom stereocenters. The molecule has 1 heterocycles. The molecule has 4 nitrogen and oxygen atoms in total. The Morgan fingerprint density at radius 2 is 2.00 bits per heavy atom. The van der Waals surface area contributed by atoms with Gasteiger partial charge in [-0.15, -0.1) is 0 Å². The molecule has 108 valence electrons. The fourth-order valence-corrected chi connectivity index (χ4v) is 1.89. The lowest BCUT2D eigenvalue weighted by atomic mass is 10.2. The van der Waals surface area contributed by atoms with Crippen molar-refractivity contribution in [2.24, 2.45) is 0 Å². The number of nitrogens with zero attached hydrogens (tertiary/aromatic N) is 2. The first-order valence-corrected chi connectivity index (χ1v) is 7.05. The molecule has 0 atom stereocenters. The summed E-state index contributed by atoms with van der Waals surface area (Å²) in [5, 5.41) is 4.48. The fraction of sp³-hybridized carbons (Fsp3) is 0.733. The summed E-state index contributed by atoms with van der Waals surface area (Å²) in [6.07, 6.45) is 4.42. The number of aromatic nitrogens is 2. The van der Waals surface area contributed by atoms with E-state index in [0.29, 0.717) is 12.5 Å². The average Bonchev–Trinajstić information content (AvgIpc) is 2.76. The summed E-state index contributed by atoms with van der Waals surface area (Å²) in [7, 11) is 0. The van der Waals surface area contributed by atoms with Crippen molar-refractivity contribution in [3.63, 3.8) is 0 Å². The summed E-state index contributed by atoms with van der Waals surface area (Å²) in [4.78, 5) is 11.8. The topological polar surface area (TPSA) is 44.1 Å². The first-order chi connectivity index (χ1) is 8.85.